The molecule has 0 amide bonds. The SMILES string of the molecule is C=C[C@H]1CC[C@@H]2[C@H]3CCc4ccc(OC)cc4[C@@H]3CC(=O)[C@@]21C. The van der Waals surface area contributed by atoms with Gasteiger partial charge in [0.05, 0.1) is 7.11 Å². The van der Waals surface area contributed by atoms with Crippen LogP contribution in [0.3, 0.4) is 0 Å². The van der Waals surface area contributed by atoms with Crippen molar-refractivity contribution in [3.05, 3.63) is 42.0 Å². The first kappa shape index (κ1) is 15.0. The molecule has 2 heteroatoms. The molecule has 4 rings (SSSR count). The maximum Gasteiger partial charge on any atom is 0.140 e. The zero-order chi connectivity index (χ0) is 16.2. The normalized spacial score (nSPS) is 38.4. The van der Waals surface area contributed by atoms with Crippen LogP contribution in [0.4, 0.5) is 0 Å². The molecule has 1 aromatic rings. The van der Waals surface area contributed by atoms with Crippen LogP contribution in [0.1, 0.15) is 49.7 Å². The second-order valence-electron chi connectivity index (χ2n) is 7.81. The minimum Gasteiger partial charge on any atom is -0.497 e. The average molecular weight is 310 g/mol. The van der Waals surface area contributed by atoms with Gasteiger partial charge in [0, 0.05) is 11.8 Å². The predicted octanol–water partition coefficient (Wildman–Crippen LogP) is 4.53. The van der Waals surface area contributed by atoms with E-state index in [1.807, 2.05) is 6.08 Å². The van der Waals surface area contributed by atoms with Crippen LogP contribution in [-0.4, -0.2) is 12.9 Å². The molecule has 2 saturated carbocycles. The maximum absolute atomic E-state index is 13.1. The summed E-state index contributed by atoms with van der Waals surface area (Å²) < 4.78 is 5.43. The Kier molecular flexibility index (Phi) is 3.40. The molecule has 0 aliphatic heterocycles. The lowest BCUT2D eigenvalue weighted by atomic mass is 9.53. The molecule has 2 nitrogen and oxygen atoms in total. The molecule has 0 N–H and O–H groups in total. The third-order valence-corrected chi connectivity index (χ3v) is 7.15. The summed E-state index contributed by atoms with van der Waals surface area (Å²) in [4.78, 5) is 13.1. The number of hydrogen-bond donors (Lipinski definition) is 0. The molecule has 1 aromatic carbocycles. The number of allylic oxidation sites excluding steroid dienone is 1. The molecule has 0 aromatic heterocycles. The number of carbonyl (C=O) groups excluding carboxylic acids is 1. The highest BCUT2D eigenvalue weighted by molar-refractivity contribution is 5.88. The molecule has 0 heterocycles. The number of methoxy groups -OCH3 is 1. The minimum absolute atomic E-state index is 0.167. The van der Waals surface area contributed by atoms with Crippen LogP contribution >= 0.6 is 0 Å². The van der Waals surface area contributed by atoms with E-state index in [1.165, 1.54) is 24.0 Å². The fourth-order valence-electron chi connectivity index (χ4n) is 5.86. The van der Waals surface area contributed by atoms with Crippen LogP contribution < -0.4 is 4.74 Å². The molecular weight excluding hydrogens is 284 g/mol. The number of ketones is 1. The van der Waals surface area contributed by atoms with Crippen LogP contribution in [0.2, 0.25) is 0 Å². The second-order valence-corrected chi connectivity index (χ2v) is 7.81. The zero-order valence-electron chi connectivity index (χ0n) is 14.2. The van der Waals surface area contributed by atoms with E-state index >= 15 is 0 Å². The summed E-state index contributed by atoms with van der Waals surface area (Å²) in [5, 5.41) is 0. The largest absolute Gasteiger partial charge is 0.497 e. The lowest BCUT2D eigenvalue weighted by Gasteiger charge is -2.49. The standard InChI is InChI=1S/C21H26O2/c1-4-14-7-10-19-16-9-6-13-5-8-15(23-3)11-17(13)18(16)12-20(22)21(14,19)2/h4-5,8,11,14,16,18-19H,1,6-7,9-10,12H2,2-3H3/t14-,16-,18+,19+,21+/m0/s1. The van der Waals surface area contributed by atoms with Gasteiger partial charge in [0.2, 0.25) is 0 Å². The molecule has 0 unspecified atom stereocenters. The van der Waals surface area contributed by atoms with Crippen LogP contribution in [0, 0.1) is 23.2 Å². The summed E-state index contributed by atoms with van der Waals surface area (Å²) in [6.07, 6.45) is 7.41. The fourth-order valence-corrected chi connectivity index (χ4v) is 5.86. The molecule has 0 spiro atoms. The van der Waals surface area contributed by atoms with Gasteiger partial charge in [-0.25, -0.2) is 0 Å². The van der Waals surface area contributed by atoms with Gasteiger partial charge in [0.25, 0.3) is 0 Å². The predicted molar refractivity (Wildman–Crippen MR) is 91.7 cm³/mol. The fraction of sp³-hybridized carbons (Fsp3) is 0.571. The second kappa shape index (κ2) is 5.22. The van der Waals surface area contributed by atoms with Crippen molar-refractivity contribution in [2.75, 3.05) is 7.11 Å². The highest BCUT2D eigenvalue weighted by Gasteiger charge is 2.58. The third kappa shape index (κ3) is 1.96. The maximum atomic E-state index is 13.1. The van der Waals surface area contributed by atoms with Crippen molar-refractivity contribution in [1.82, 2.24) is 0 Å². The molecular formula is C21H26O2. The van der Waals surface area contributed by atoms with Gasteiger partial charge in [-0.05, 0) is 72.6 Å². The Bertz CT molecular complexity index is 662. The number of carbonyl (C=O) groups is 1. The zero-order valence-corrected chi connectivity index (χ0v) is 14.2. The van der Waals surface area contributed by atoms with Crippen molar-refractivity contribution in [3.8, 4) is 5.75 Å². The number of hydrogen-bond acceptors (Lipinski definition) is 2. The van der Waals surface area contributed by atoms with Gasteiger partial charge in [-0.1, -0.05) is 19.1 Å². The minimum atomic E-state index is -0.167. The molecule has 0 saturated heterocycles. The van der Waals surface area contributed by atoms with Crippen molar-refractivity contribution < 1.29 is 9.53 Å². The first-order valence-corrected chi connectivity index (χ1v) is 8.92. The Labute approximate surface area is 138 Å². The number of benzene rings is 1. The Balaban J connectivity index is 1.76. The van der Waals surface area contributed by atoms with E-state index in [0.29, 0.717) is 35.9 Å². The molecule has 23 heavy (non-hydrogen) atoms. The monoisotopic (exact) mass is 310 g/mol. The van der Waals surface area contributed by atoms with E-state index in [4.69, 9.17) is 4.74 Å². The summed E-state index contributed by atoms with van der Waals surface area (Å²) in [5.74, 6) is 3.30. The van der Waals surface area contributed by atoms with Crippen molar-refractivity contribution in [2.24, 2.45) is 23.2 Å². The molecule has 5 atom stereocenters. The number of fused-ring (bicyclic) bond motifs is 5. The quantitative estimate of drug-likeness (QED) is 0.750. The lowest BCUT2D eigenvalue weighted by Crippen LogP contribution is -2.48. The molecule has 0 bridgehead atoms. The number of ether oxygens (including phenoxy) is 1. The topological polar surface area (TPSA) is 26.3 Å². The summed E-state index contributed by atoms with van der Waals surface area (Å²) >= 11 is 0. The van der Waals surface area contributed by atoms with Gasteiger partial charge < -0.3 is 4.74 Å². The van der Waals surface area contributed by atoms with E-state index < -0.39 is 0 Å². The molecule has 2 fully saturated rings. The van der Waals surface area contributed by atoms with Gasteiger partial charge in [0.1, 0.15) is 11.5 Å². The Morgan fingerprint density at radius 1 is 1.30 bits per heavy atom. The van der Waals surface area contributed by atoms with Crippen molar-refractivity contribution in [2.45, 2.75) is 44.9 Å². The Morgan fingerprint density at radius 3 is 2.87 bits per heavy atom. The van der Waals surface area contributed by atoms with E-state index in [9.17, 15) is 4.79 Å². The van der Waals surface area contributed by atoms with E-state index in [1.54, 1.807) is 7.11 Å². The number of Topliss-reactive ketones (excluding diaryl/α,β-unsaturated/α-hetero) is 1. The highest BCUT2D eigenvalue weighted by atomic mass is 16.5. The van der Waals surface area contributed by atoms with E-state index in [0.717, 1.165) is 18.6 Å². The van der Waals surface area contributed by atoms with Crippen LogP contribution in [-0.2, 0) is 11.2 Å². The van der Waals surface area contributed by atoms with Gasteiger partial charge in [-0.3, -0.25) is 4.79 Å². The molecule has 3 aliphatic carbocycles. The first-order chi connectivity index (χ1) is 11.1. The van der Waals surface area contributed by atoms with Crippen molar-refractivity contribution in [3.63, 3.8) is 0 Å². The summed E-state index contributed by atoms with van der Waals surface area (Å²) in [6.45, 7) is 6.23. The van der Waals surface area contributed by atoms with Gasteiger partial charge >= 0.3 is 0 Å². The third-order valence-electron chi connectivity index (χ3n) is 7.15. The lowest BCUT2D eigenvalue weighted by molar-refractivity contribution is -0.138. The number of aryl methyl sites for hydroxylation is 1. The Morgan fingerprint density at radius 2 is 2.13 bits per heavy atom. The van der Waals surface area contributed by atoms with E-state index in [2.05, 4.69) is 31.7 Å². The molecule has 122 valence electrons. The summed E-state index contributed by atoms with van der Waals surface area (Å²) in [6, 6.07) is 6.43. The molecule has 0 radical (unpaired) electrons. The smallest absolute Gasteiger partial charge is 0.140 e. The number of rotatable bonds is 2. The van der Waals surface area contributed by atoms with Crippen LogP contribution in [0.5, 0.6) is 5.75 Å². The van der Waals surface area contributed by atoms with Gasteiger partial charge in [-0.2, -0.15) is 0 Å². The highest BCUT2D eigenvalue weighted by Crippen LogP contribution is 2.61. The first-order valence-electron chi connectivity index (χ1n) is 8.92. The Hall–Kier alpha value is -1.57. The van der Waals surface area contributed by atoms with E-state index in [-0.39, 0.29) is 5.41 Å². The van der Waals surface area contributed by atoms with Gasteiger partial charge in [0.15, 0.2) is 0 Å². The molecule has 3 aliphatic rings. The summed E-state index contributed by atoms with van der Waals surface area (Å²) in [7, 11) is 1.72. The van der Waals surface area contributed by atoms with Crippen LogP contribution in [0.25, 0.3) is 0 Å². The van der Waals surface area contributed by atoms with Gasteiger partial charge in [-0.15, -0.1) is 6.58 Å². The summed E-state index contributed by atoms with van der Waals surface area (Å²) in [5.41, 5.74) is 2.62. The van der Waals surface area contributed by atoms with Crippen molar-refractivity contribution in [1.29, 1.82) is 0 Å². The average Bonchev–Trinajstić information content (AvgIpc) is 2.92. The van der Waals surface area contributed by atoms with Crippen molar-refractivity contribution >= 4 is 5.78 Å². The van der Waals surface area contributed by atoms with Crippen LogP contribution in [0.15, 0.2) is 30.9 Å².